The molecule has 0 saturated heterocycles. The molecule has 2 atom stereocenters. The number of carbonyl (C=O) groups excluding carboxylic acids is 1. The average molecular weight is 248 g/mol. The number of hydrogen-bond donors (Lipinski definition) is 2. The summed E-state index contributed by atoms with van der Waals surface area (Å²) in [5, 5.41) is 2.98. The van der Waals surface area contributed by atoms with Crippen LogP contribution in [0.25, 0.3) is 0 Å². The Kier molecular flexibility index (Phi) is 5.86. The Bertz CT molecular complexity index is 390. The molecule has 3 nitrogen and oxygen atoms in total. The van der Waals surface area contributed by atoms with Gasteiger partial charge in [-0.1, -0.05) is 44.0 Å². The Morgan fingerprint density at radius 1 is 1.39 bits per heavy atom. The van der Waals surface area contributed by atoms with Crippen molar-refractivity contribution in [2.75, 3.05) is 0 Å². The Morgan fingerprint density at radius 3 is 2.67 bits per heavy atom. The van der Waals surface area contributed by atoms with Gasteiger partial charge in [-0.25, -0.2) is 0 Å². The maximum absolute atomic E-state index is 11.9. The number of hydrogen-bond acceptors (Lipinski definition) is 2. The first kappa shape index (κ1) is 14.7. The summed E-state index contributed by atoms with van der Waals surface area (Å²) in [6, 6.07) is 7.69. The Morgan fingerprint density at radius 2 is 2.06 bits per heavy atom. The molecule has 0 radical (unpaired) electrons. The summed E-state index contributed by atoms with van der Waals surface area (Å²) in [5.41, 5.74) is 8.19. The van der Waals surface area contributed by atoms with Crippen molar-refractivity contribution in [3.05, 3.63) is 35.4 Å². The van der Waals surface area contributed by atoms with Gasteiger partial charge in [0, 0.05) is 0 Å². The first-order valence-corrected chi connectivity index (χ1v) is 6.67. The number of nitrogens with two attached hydrogens (primary N) is 1. The number of rotatable bonds is 6. The minimum absolute atomic E-state index is 0.00590. The summed E-state index contributed by atoms with van der Waals surface area (Å²) in [5.74, 6) is -0.0563. The summed E-state index contributed by atoms with van der Waals surface area (Å²) < 4.78 is 0. The Labute approximate surface area is 110 Å². The van der Waals surface area contributed by atoms with E-state index in [0.29, 0.717) is 0 Å². The molecule has 2 unspecified atom stereocenters. The van der Waals surface area contributed by atoms with Crippen LogP contribution in [0.4, 0.5) is 0 Å². The van der Waals surface area contributed by atoms with E-state index >= 15 is 0 Å². The van der Waals surface area contributed by atoms with E-state index in [1.54, 1.807) is 0 Å². The predicted molar refractivity (Wildman–Crippen MR) is 75.2 cm³/mol. The third-order valence-electron chi connectivity index (χ3n) is 3.22. The molecule has 0 aromatic heterocycles. The second kappa shape index (κ2) is 7.17. The number of unbranched alkanes of at least 4 members (excludes halogenated alkanes) is 1. The highest BCUT2D eigenvalue weighted by molar-refractivity contribution is 5.81. The van der Waals surface area contributed by atoms with Gasteiger partial charge in [0.1, 0.15) is 0 Å². The van der Waals surface area contributed by atoms with E-state index in [2.05, 4.69) is 25.2 Å². The van der Waals surface area contributed by atoms with Crippen LogP contribution in [0.5, 0.6) is 0 Å². The number of amides is 1. The van der Waals surface area contributed by atoms with Gasteiger partial charge in [0.15, 0.2) is 0 Å². The monoisotopic (exact) mass is 248 g/mol. The van der Waals surface area contributed by atoms with Gasteiger partial charge in [-0.15, -0.1) is 0 Å². The van der Waals surface area contributed by atoms with Crippen molar-refractivity contribution < 1.29 is 4.79 Å². The molecule has 3 N–H and O–H groups in total. The summed E-state index contributed by atoms with van der Waals surface area (Å²) in [6.07, 6.45) is 2.81. The van der Waals surface area contributed by atoms with Gasteiger partial charge < -0.3 is 11.1 Å². The molecule has 0 aliphatic carbocycles. The summed E-state index contributed by atoms with van der Waals surface area (Å²) >= 11 is 0. The van der Waals surface area contributed by atoms with Crippen LogP contribution < -0.4 is 11.1 Å². The molecule has 1 amide bonds. The lowest BCUT2D eigenvalue weighted by Crippen LogP contribution is -2.41. The molecule has 1 aromatic carbocycles. The van der Waals surface area contributed by atoms with E-state index in [0.717, 1.165) is 24.8 Å². The van der Waals surface area contributed by atoms with Crippen LogP contribution in [0.3, 0.4) is 0 Å². The highest BCUT2D eigenvalue weighted by Crippen LogP contribution is 2.16. The molecule has 1 rings (SSSR count). The lowest BCUT2D eigenvalue weighted by molar-refractivity contribution is -0.123. The number of benzene rings is 1. The fourth-order valence-electron chi connectivity index (χ4n) is 2.03. The normalized spacial score (nSPS) is 14.0. The smallest absolute Gasteiger partial charge is 0.237 e. The van der Waals surface area contributed by atoms with Gasteiger partial charge in [0.2, 0.25) is 5.91 Å². The molecule has 0 saturated carbocycles. The number of aryl methyl sites for hydroxylation is 1. The molecule has 0 aliphatic rings. The van der Waals surface area contributed by atoms with Gasteiger partial charge in [0.05, 0.1) is 12.1 Å². The molecule has 0 spiro atoms. The lowest BCUT2D eigenvalue weighted by atomic mass is 10.0. The van der Waals surface area contributed by atoms with Crippen molar-refractivity contribution in [3.63, 3.8) is 0 Å². The van der Waals surface area contributed by atoms with E-state index in [-0.39, 0.29) is 11.9 Å². The van der Waals surface area contributed by atoms with Crippen molar-refractivity contribution in [2.45, 2.75) is 52.1 Å². The van der Waals surface area contributed by atoms with E-state index < -0.39 is 6.04 Å². The van der Waals surface area contributed by atoms with Gasteiger partial charge in [-0.2, -0.15) is 0 Å². The third kappa shape index (κ3) is 4.15. The summed E-state index contributed by atoms with van der Waals surface area (Å²) in [6.45, 7) is 6.14. The molecule has 100 valence electrons. The van der Waals surface area contributed by atoms with Crippen LogP contribution in [0.1, 0.15) is 50.3 Å². The maximum atomic E-state index is 11.9. The first-order chi connectivity index (χ1) is 8.56. The third-order valence-corrected chi connectivity index (χ3v) is 3.22. The fourth-order valence-corrected chi connectivity index (χ4v) is 2.03. The molecular weight excluding hydrogens is 224 g/mol. The Balaban J connectivity index is 2.57. The minimum atomic E-state index is -0.392. The van der Waals surface area contributed by atoms with Crippen molar-refractivity contribution in [1.82, 2.24) is 5.32 Å². The molecule has 18 heavy (non-hydrogen) atoms. The lowest BCUT2D eigenvalue weighted by Gasteiger charge is -2.19. The molecule has 0 fully saturated rings. The molecule has 3 heteroatoms. The Hall–Kier alpha value is -1.35. The highest BCUT2D eigenvalue weighted by Gasteiger charge is 2.16. The second-order valence-corrected chi connectivity index (χ2v) is 4.84. The zero-order chi connectivity index (χ0) is 13.5. The average Bonchev–Trinajstić information content (AvgIpc) is 2.36. The van der Waals surface area contributed by atoms with E-state index in [9.17, 15) is 4.79 Å². The zero-order valence-corrected chi connectivity index (χ0v) is 11.6. The van der Waals surface area contributed by atoms with Crippen molar-refractivity contribution in [2.24, 2.45) is 5.73 Å². The van der Waals surface area contributed by atoms with Gasteiger partial charge in [-0.05, 0) is 31.4 Å². The van der Waals surface area contributed by atoms with Gasteiger partial charge >= 0.3 is 0 Å². The van der Waals surface area contributed by atoms with Crippen molar-refractivity contribution in [1.29, 1.82) is 0 Å². The van der Waals surface area contributed by atoms with Crippen LogP contribution in [-0.2, 0) is 4.79 Å². The molecule has 1 aromatic rings. The van der Waals surface area contributed by atoms with Crippen LogP contribution in [0.15, 0.2) is 24.3 Å². The topological polar surface area (TPSA) is 55.1 Å². The van der Waals surface area contributed by atoms with E-state index in [4.69, 9.17) is 5.73 Å². The van der Waals surface area contributed by atoms with Crippen LogP contribution in [0.2, 0.25) is 0 Å². The summed E-state index contributed by atoms with van der Waals surface area (Å²) in [4.78, 5) is 11.9. The largest absolute Gasteiger partial charge is 0.348 e. The predicted octanol–water partition coefficient (Wildman–Crippen LogP) is 2.69. The SMILES string of the molecule is CCCCC(N)C(=O)NC(C)c1ccccc1C. The molecular formula is C15H24N2O. The molecule has 0 heterocycles. The van der Waals surface area contributed by atoms with Crippen molar-refractivity contribution in [3.8, 4) is 0 Å². The van der Waals surface area contributed by atoms with Crippen LogP contribution in [0, 0.1) is 6.92 Å². The first-order valence-electron chi connectivity index (χ1n) is 6.67. The number of carbonyl (C=O) groups is 1. The minimum Gasteiger partial charge on any atom is -0.348 e. The van der Waals surface area contributed by atoms with Gasteiger partial charge in [0.25, 0.3) is 0 Å². The quantitative estimate of drug-likeness (QED) is 0.813. The van der Waals surface area contributed by atoms with E-state index in [1.165, 1.54) is 5.56 Å². The zero-order valence-electron chi connectivity index (χ0n) is 11.6. The molecule has 0 aliphatic heterocycles. The standard InChI is InChI=1S/C15H24N2O/c1-4-5-10-14(16)15(18)17-12(3)13-9-7-6-8-11(13)2/h6-9,12,14H,4-5,10,16H2,1-3H3,(H,17,18). The van der Waals surface area contributed by atoms with E-state index in [1.807, 2.05) is 25.1 Å². The van der Waals surface area contributed by atoms with Crippen LogP contribution in [-0.4, -0.2) is 11.9 Å². The highest BCUT2D eigenvalue weighted by atomic mass is 16.2. The molecule has 0 bridgehead atoms. The van der Waals surface area contributed by atoms with Gasteiger partial charge in [-0.3, -0.25) is 4.79 Å². The van der Waals surface area contributed by atoms with Crippen LogP contribution >= 0.6 is 0 Å². The number of nitrogens with one attached hydrogen (secondary N) is 1. The second-order valence-electron chi connectivity index (χ2n) is 4.84. The fraction of sp³-hybridized carbons (Fsp3) is 0.533. The summed E-state index contributed by atoms with van der Waals surface area (Å²) in [7, 11) is 0. The maximum Gasteiger partial charge on any atom is 0.237 e. The van der Waals surface area contributed by atoms with Crippen molar-refractivity contribution >= 4 is 5.91 Å².